The first kappa shape index (κ1) is 26.0. The van der Waals surface area contributed by atoms with Gasteiger partial charge >= 0.3 is 0 Å². The van der Waals surface area contributed by atoms with Crippen molar-refractivity contribution < 1.29 is 0 Å². The van der Waals surface area contributed by atoms with Gasteiger partial charge in [-0.1, -0.05) is 133 Å². The number of anilines is 3. The normalized spacial score (nSPS) is 11.9. The van der Waals surface area contributed by atoms with Crippen LogP contribution in [0.3, 0.4) is 0 Å². The van der Waals surface area contributed by atoms with Crippen LogP contribution in [0.4, 0.5) is 17.6 Å². The fourth-order valence-corrected chi connectivity index (χ4v) is 6.35. The maximum Gasteiger partial charge on any atom is 0.241 e. The van der Waals surface area contributed by atoms with Crippen molar-refractivity contribution in [2.75, 3.05) is 4.90 Å². The third kappa shape index (κ3) is 4.19. The molecule has 8 aromatic rings. The van der Waals surface area contributed by atoms with Gasteiger partial charge in [0.1, 0.15) is 0 Å². The van der Waals surface area contributed by atoms with Gasteiger partial charge in [0.25, 0.3) is 0 Å². The first-order valence-electron chi connectivity index (χ1n) is 15.3. The Morgan fingerprint density at radius 2 is 0.913 bits per heavy atom. The molecule has 0 aliphatic carbocycles. The fourth-order valence-electron chi connectivity index (χ4n) is 6.35. The zero-order valence-electron chi connectivity index (χ0n) is 24.7. The number of hydrogen-bond acceptors (Lipinski definition) is 5. The Hall–Kier alpha value is -6.40. The van der Waals surface area contributed by atoms with Crippen LogP contribution in [-0.4, -0.2) is 24.5 Å². The Kier molecular flexibility index (Phi) is 6.03. The number of para-hydroxylation sites is 4. The van der Waals surface area contributed by atoms with E-state index in [1.165, 1.54) is 0 Å². The van der Waals surface area contributed by atoms with E-state index >= 15 is 0 Å². The van der Waals surface area contributed by atoms with E-state index in [9.17, 15) is 0 Å². The SMILES string of the molecule is c1ccc(-c2nc(-c3ccccc3-c3ccccc3)nc(N3c4ccccc4-c4ccccc4-n4c3nc3ccccc34)n2)cc1. The van der Waals surface area contributed by atoms with Gasteiger partial charge in [-0.05, 0) is 35.4 Å². The summed E-state index contributed by atoms with van der Waals surface area (Å²) in [5.74, 6) is 2.38. The van der Waals surface area contributed by atoms with Crippen molar-refractivity contribution in [3.63, 3.8) is 0 Å². The molecule has 216 valence electrons. The van der Waals surface area contributed by atoms with Crippen LogP contribution < -0.4 is 4.90 Å². The molecule has 0 bridgehead atoms. The molecule has 1 aliphatic rings. The highest BCUT2D eigenvalue weighted by Crippen LogP contribution is 2.47. The van der Waals surface area contributed by atoms with Gasteiger partial charge in [-0.15, -0.1) is 0 Å². The average Bonchev–Trinajstić information content (AvgIpc) is 3.46. The van der Waals surface area contributed by atoms with Gasteiger partial charge in [-0.2, -0.15) is 9.97 Å². The monoisotopic (exact) mass is 590 g/mol. The van der Waals surface area contributed by atoms with Crippen LogP contribution >= 0.6 is 0 Å². The van der Waals surface area contributed by atoms with E-state index in [0.29, 0.717) is 23.5 Å². The molecule has 0 N–H and O–H groups in total. The quantitative estimate of drug-likeness (QED) is 0.204. The van der Waals surface area contributed by atoms with E-state index in [0.717, 1.165) is 55.8 Å². The molecule has 0 spiro atoms. The van der Waals surface area contributed by atoms with Crippen molar-refractivity contribution >= 4 is 28.6 Å². The maximum atomic E-state index is 5.26. The van der Waals surface area contributed by atoms with Gasteiger partial charge in [-0.3, -0.25) is 4.57 Å². The molecule has 0 atom stereocenters. The van der Waals surface area contributed by atoms with Crippen LogP contribution in [-0.2, 0) is 0 Å². The van der Waals surface area contributed by atoms with Crippen molar-refractivity contribution in [3.05, 3.63) is 158 Å². The topological polar surface area (TPSA) is 59.7 Å². The number of fused-ring (bicyclic) bond motifs is 7. The Balaban J connectivity index is 1.37. The Bertz CT molecular complexity index is 2380. The third-order valence-electron chi connectivity index (χ3n) is 8.43. The molecular weight excluding hydrogens is 564 g/mol. The number of rotatable bonds is 4. The summed E-state index contributed by atoms with van der Waals surface area (Å²) < 4.78 is 2.22. The van der Waals surface area contributed by atoms with Crippen LogP contribution in [0.25, 0.3) is 61.8 Å². The van der Waals surface area contributed by atoms with E-state index in [-0.39, 0.29) is 0 Å². The van der Waals surface area contributed by atoms with Crippen molar-refractivity contribution in [2.45, 2.75) is 0 Å². The van der Waals surface area contributed by atoms with Gasteiger partial charge < -0.3 is 0 Å². The molecule has 0 amide bonds. The van der Waals surface area contributed by atoms with Crippen molar-refractivity contribution in [1.29, 1.82) is 0 Å². The molecule has 0 saturated carbocycles. The van der Waals surface area contributed by atoms with Crippen LogP contribution in [0.5, 0.6) is 0 Å². The molecule has 6 heteroatoms. The van der Waals surface area contributed by atoms with Crippen LogP contribution in [0.2, 0.25) is 0 Å². The summed E-state index contributed by atoms with van der Waals surface area (Å²) in [6, 6.07) is 53.8. The Morgan fingerprint density at radius 1 is 0.370 bits per heavy atom. The second kappa shape index (κ2) is 10.6. The summed E-state index contributed by atoms with van der Waals surface area (Å²) in [5, 5.41) is 0. The van der Waals surface area contributed by atoms with E-state index in [1.807, 2.05) is 54.6 Å². The lowest BCUT2D eigenvalue weighted by Crippen LogP contribution is -2.18. The molecule has 0 fully saturated rings. The predicted octanol–water partition coefficient (Wildman–Crippen LogP) is 9.66. The second-order valence-electron chi connectivity index (χ2n) is 11.2. The van der Waals surface area contributed by atoms with Gasteiger partial charge in [-0.25, -0.2) is 14.9 Å². The number of imidazole rings is 1. The lowest BCUT2D eigenvalue weighted by molar-refractivity contribution is 0.974. The van der Waals surface area contributed by atoms with Crippen LogP contribution in [0.1, 0.15) is 0 Å². The van der Waals surface area contributed by atoms with Gasteiger partial charge in [0.2, 0.25) is 11.9 Å². The van der Waals surface area contributed by atoms with Crippen molar-refractivity contribution in [3.8, 4) is 50.7 Å². The van der Waals surface area contributed by atoms with Crippen molar-refractivity contribution in [2.24, 2.45) is 0 Å². The van der Waals surface area contributed by atoms with E-state index in [1.54, 1.807) is 0 Å². The maximum absolute atomic E-state index is 5.26. The molecule has 0 saturated heterocycles. The number of hydrogen-bond donors (Lipinski definition) is 0. The largest absolute Gasteiger partial charge is 0.277 e. The van der Waals surface area contributed by atoms with Crippen LogP contribution in [0.15, 0.2) is 158 Å². The second-order valence-corrected chi connectivity index (χ2v) is 11.2. The van der Waals surface area contributed by atoms with Gasteiger partial charge in [0, 0.05) is 22.3 Å². The highest BCUT2D eigenvalue weighted by Gasteiger charge is 2.31. The molecule has 6 aromatic carbocycles. The predicted molar refractivity (Wildman–Crippen MR) is 184 cm³/mol. The fraction of sp³-hybridized carbons (Fsp3) is 0. The highest BCUT2D eigenvalue weighted by atomic mass is 15.4. The van der Waals surface area contributed by atoms with E-state index in [2.05, 4.69) is 113 Å². The third-order valence-corrected chi connectivity index (χ3v) is 8.43. The number of benzene rings is 6. The lowest BCUT2D eigenvalue weighted by atomic mass is 9.99. The minimum absolute atomic E-state index is 0.489. The molecule has 0 unspecified atom stereocenters. The van der Waals surface area contributed by atoms with E-state index in [4.69, 9.17) is 19.9 Å². The smallest absolute Gasteiger partial charge is 0.241 e. The molecule has 46 heavy (non-hydrogen) atoms. The zero-order valence-corrected chi connectivity index (χ0v) is 24.7. The van der Waals surface area contributed by atoms with Gasteiger partial charge in [0.05, 0.1) is 22.4 Å². The molecule has 9 rings (SSSR count). The molecule has 1 aliphatic heterocycles. The molecule has 0 radical (unpaired) electrons. The first-order valence-corrected chi connectivity index (χ1v) is 15.3. The van der Waals surface area contributed by atoms with E-state index < -0.39 is 0 Å². The summed E-state index contributed by atoms with van der Waals surface area (Å²) in [5.41, 5.74) is 10.0. The summed E-state index contributed by atoms with van der Waals surface area (Å²) in [6.07, 6.45) is 0. The summed E-state index contributed by atoms with van der Waals surface area (Å²) in [6.45, 7) is 0. The lowest BCUT2D eigenvalue weighted by Gasteiger charge is -2.23. The van der Waals surface area contributed by atoms with Crippen molar-refractivity contribution in [1.82, 2.24) is 24.5 Å². The number of nitrogens with zero attached hydrogens (tertiary/aromatic N) is 6. The molecular formula is C40H26N6. The minimum Gasteiger partial charge on any atom is -0.277 e. The zero-order chi connectivity index (χ0) is 30.5. The summed E-state index contributed by atoms with van der Waals surface area (Å²) in [7, 11) is 0. The Labute approximate surface area is 266 Å². The van der Waals surface area contributed by atoms with Crippen LogP contribution in [0, 0.1) is 0 Å². The highest BCUT2D eigenvalue weighted by molar-refractivity contribution is 5.96. The molecule has 2 aromatic heterocycles. The first-order chi connectivity index (χ1) is 22.8. The summed E-state index contributed by atoms with van der Waals surface area (Å²) in [4.78, 5) is 22.8. The minimum atomic E-state index is 0.489. The summed E-state index contributed by atoms with van der Waals surface area (Å²) >= 11 is 0. The average molecular weight is 591 g/mol. The number of aromatic nitrogens is 5. The standard InChI is InChI=1S/C40H26N6/c1-3-15-27(16-4-1)29-19-7-8-22-32(29)38-42-37(28-17-5-2-6-18-28)43-39(44-38)46-35-25-13-10-21-31(35)30-20-9-12-24-34(30)45-36-26-14-11-23-33(36)41-40(45)46/h1-26H. The van der Waals surface area contributed by atoms with Gasteiger partial charge in [0.15, 0.2) is 11.6 Å². The Morgan fingerprint density at radius 3 is 1.67 bits per heavy atom. The molecule has 6 nitrogen and oxygen atoms in total. The molecule has 3 heterocycles.